The van der Waals surface area contributed by atoms with Crippen LogP contribution in [0.15, 0.2) is 60.3 Å². The Morgan fingerprint density at radius 2 is 1.79 bits per heavy atom. The van der Waals surface area contributed by atoms with Gasteiger partial charge in [0.2, 0.25) is 5.91 Å². The number of para-hydroxylation sites is 2. The summed E-state index contributed by atoms with van der Waals surface area (Å²) in [5.74, 6) is 0.868. The van der Waals surface area contributed by atoms with Gasteiger partial charge in [-0.15, -0.1) is 16.8 Å². The SMILES string of the molecule is C=CCn1c(COc2ccccc2F)nnc1SCC(=O)Nc1c(C(C)C)cccc1C(C)C. The number of hydrogen-bond acceptors (Lipinski definition) is 5. The first-order chi connectivity index (χ1) is 16.3. The summed E-state index contributed by atoms with van der Waals surface area (Å²) < 4.78 is 21.2. The van der Waals surface area contributed by atoms with Crippen molar-refractivity contribution in [2.24, 2.45) is 0 Å². The monoisotopic (exact) mass is 482 g/mol. The zero-order chi connectivity index (χ0) is 24.7. The smallest absolute Gasteiger partial charge is 0.234 e. The van der Waals surface area contributed by atoms with Gasteiger partial charge in [0.15, 0.2) is 22.5 Å². The molecule has 0 bridgehead atoms. The lowest BCUT2D eigenvalue weighted by molar-refractivity contribution is -0.113. The highest BCUT2D eigenvalue weighted by Gasteiger charge is 2.18. The molecule has 0 aliphatic rings. The van der Waals surface area contributed by atoms with Gasteiger partial charge < -0.3 is 10.1 Å². The summed E-state index contributed by atoms with van der Waals surface area (Å²) in [7, 11) is 0. The quantitative estimate of drug-likeness (QED) is 0.262. The Hall–Kier alpha value is -3.13. The van der Waals surface area contributed by atoms with E-state index in [-0.39, 0.29) is 35.9 Å². The Morgan fingerprint density at radius 3 is 2.41 bits per heavy atom. The molecule has 0 spiro atoms. The van der Waals surface area contributed by atoms with Crippen molar-refractivity contribution in [2.45, 2.75) is 57.8 Å². The number of anilines is 1. The van der Waals surface area contributed by atoms with Crippen LogP contribution in [0.4, 0.5) is 10.1 Å². The molecule has 3 rings (SSSR count). The van der Waals surface area contributed by atoms with Crippen LogP contribution in [0.2, 0.25) is 0 Å². The lowest BCUT2D eigenvalue weighted by Crippen LogP contribution is -2.18. The number of rotatable bonds is 11. The molecule has 0 saturated carbocycles. The third kappa shape index (κ3) is 6.26. The van der Waals surface area contributed by atoms with Crippen LogP contribution in [0.5, 0.6) is 5.75 Å². The molecule has 2 aromatic carbocycles. The van der Waals surface area contributed by atoms with Gasteiger partial charge in [-0.3, -0.25) is 9.36 Å². The second-order valence-electron chi connectivity index (χ2n) is 8.47. The highest BCUT2D eigenvalue weighted by Crippen LogP contribution is 2.32. The average Bonchev–Trinajstić information content (AvgIpc) is 3.18. The van der Waals surface area contributed by atoms with Gasteiger partial charge in [-0.05, 0) is 35.1 Å². The molecular formula is C26H31FN4O2S. The molecule has 0 saturated heterocycles. The molecule has 0 atom stereocenters. The fraction of sp³-hybridized carbons (Fsp3) is 0.346. The van der Waals surface area contributed by atoms with Gasteiger partial charge in [-0.2, -0.15) is 0 Å². The molecule has 0 radical (unpaired) electrons. The Labute approximate surface area is 204 Å². The number of hydrogen-bond donors (Lipinski definition) is 1. The van der Waals surface area contributed by atoms with Gasteiger partial charge in [0.25, 0.3) is 0 Å². The number of thioether (sulfide) groups is 1. The van der Waals surface area contributed by atoms with E-state index in [0.717, 1.165) is 16.8 Å². The highest BCUT2D eigenvalue weighted by molar-refractivity contribution is 7.99. The summed E-state index contributed by atoms with van der Waals surface area (Å²) in [6.45, 7) is 12.8. The third-order valence-electron chi connectivity index (χ3n) is 5.27. The number of nitrogens with one attached hydrogen (secondary N) is 1. The van der Waals surface area contributed by atoms with E-state index < -0.39 is 5.82 Å². The van der Waals surface area contributed by atoms with Gasteiger partial charge in [0.1, 0.15) is 6.61 Å². The lowest BCUT2D eigenvalue weighted by Gasteiger charge is -2.20. The number of allylic oxidation sites excluding steroid dienone is 1. The summed E-state index contributed by atoms with van der Waals surface area (Å²) in [6.07, 6.45) is 1.72. The Balaban J connectivity index is 1.70. The predicted octanol–water partition coefficient (Wildman–Crippen LogP) is 6.16. The number of benzene rings is 2. The molecule has 0 aliphatic carbocycles. The van der Waals surface area contributed by atoms with E-state index in [9.17, 15) is 9.18 Å². The minimum atomic E-state index is -0.439. The second kappa shape index (κ2) is 11.8. The highest BCUT2D eigenvalue weighted by atomic mass is 32.2. The van der Waals surface area contributed by atoms with Crippen molar-refractivity contribution in [3.8, 4) is 5.75 Å². The largest absolute Gasteiger partial charge is 0.483 e. The summed E-state index contributed by atoms with van der Waals surface area (Å²) in [6, 6.07) is 12.4. The summed E-state index contributed by atoms with van der Waals surface area (Å²) >= 11 is 1.29. The molecule has 0 aliphatic heterocycles. The first-order valence-electron chi connectivity index (χ1n) is 11.3. The standard InChI is InChI=1S/C26H31FN4O2S/c1-6-14-31-23(15-33-22-13-8-7-12-21(22)27)29-30-26(31)34-16-24(32)28-25-19(17(2)3)10-9-11-20(25)18(4)5/h6-13,17-18H,1,14-16H2,2-5H3,(H,28,32). The van der Waals surface area contributed by atoms with Crippen molar-refractivity contribution in [3.63, 3.8) is 0 Å². The van der Waals surface area contributed by atoms with Crippen molar-refractivity contribution in [3.05, 3.63) is 77.9 Å². The summed E-state index contributed by atoms with van der Waals surface area (Å²) in [5.41, 5.74) is 3.13. The maximum atomic E-state index is 13.9. The Kier molecular flexibility index (Phi) is 8.87. The second-order valence-corrected chi connectivity index (χ2v) is 9.42. The first-order valence-corrected chi connectivity index (χ1v) is 12.3. The minimum Gasteiger partial charge on any atom is -0.483 e. The third-order valence-corrected chi connectivity index (χ3v) is 6.24. The van der Waals surface area contributed by atoms with Crippen LogP contribution in [0.3, 0.4) is 0 Å². The van der Waals surface area contributed by atoms with E-state index in [1.54, 1.807) is 24.3 Å². The van der Waals surface area contributed by atoms with Crippen LogP contribution in [0.25, 0.3) is 0 Å². The van der Waals surface area contributed by atoms with Crippen molar-refractivity contribution in [1.82, 2.24) is 14.8 Å². The van der Waals surface area contributed by atoms with Crippen LogP contribution >= 0.6 is 11.8 Å². The molecule has 8 heteroatoms. The van der Waals surface area contributed by atoms with E-state index in [2.05, 4.69) is 61.9 Å². The number of aromatic nitrogens is 3. The van der Waals surface area contributed by atoms with Crippen molar-refractivity contribution >= 4 is 23.4 Å². The summed E-state index contributed by atoms with van der Waals surface area (Å²) in [4.78, 5) is 12.9. The fourth-order valence-corrected chi connectivity index (χ4v) is 4.32. The normalized spacial score (nSPS) is 11.1. The lowest BCUT2D eigenvalue weighted by atomic mass is 9.92. The van der Waals surface area contributed by atoms with Crippen LogP contribution in [0, 0.1) is 5.82 Å². The van der Waals surface area contributed by atoms with Gasteiger partial charge >= 0.3 is 0 Å². The van der Waals surface area contributed by atoms with Crippen LogP contribution < -0.4 is 10.1 Å². The van der Waals surface area contributed by atoms with E-state index in [0.29, 0.717) is 17.5 Å². The van der Waals surface area contributed by atoms with E-state index in [4.69, 9.17) is 4.74 Å². The van der Waals surface area contributed by atoms with E-state index >= 15 is 0 Å². The van der Waals surface area contributed by atoms with Crippen molar-refractivity contribution in [1.29, 1.82) is 0 Å². The average molecular weight is 483 g/mol. The molecule has 1 aromatic heterocycles. The number of ether oxygens (including phenoxy) is 1. The zero-order valence-corrected chi connectivity index (χ0v) is 20.9. The van der Waals surface area contributed by atoms with Crippen molar-refractivity contribution in [2.75, 3.05) is 11.1 Å². The Morgan fingerprint density at radius 1 is 1.12 bits per heavy atom. The van der Waals surface area contributed by atoms with E-state index in [1.165, 1.54) is 17.8 Å². The van der Waals surface area contributed by atoms with Gasteiger partial charge in [-0.25, -0.2) is 4.39 Å². The van der Waals surface area contributed by atoms with Crippen molar-refractivity contribution < 1.29 is 13.9 Å². The molecule has 3 aromatic rings. The fourth-order valence-electron chi connectivity index (χ4n) is 3.55. The molecule has 0 fully saturated rings. The molecule has 180 valence electrons. The zero-order valence-electron chi connectivity index (χ0n) is 20.0. The van der Waals surface area contributed by atoms with E-state index in [1.807, 2.05) is 10.6 Å². The molecule has 0 unspecified atom stereocenters. The maximum absolute atomic E-state index is 13.9. The van der Waals surface area contributed by atoms with Crippen LogP contribution in [-0.4, -0.2) is 26.4 Å². The molecule has 6 nitrogen and oxygen atoms in total. The number of amides is 1. The molecule has 1 heterocycles. The molecule has 1 N–H and O–H groups in total. The number of carbonyl (C=O) groups excluding carboxylic acids is 1. The number of halogens is 1. The topological polar surface area (TPSA) is 69.0 Å². The minimum absolute atomic E-state index is 0.0496. The maximum Gasteiger partial charge on any atom is 0.234 e. The summed E-state index contributed by atoms with van der Waals surface area (Å²) in [5, 5.41) is 12.1. The Bertz CT molecular complexity index is 1120. The first kappa shape index (κ1) is 25.5. The number of nitrogens with zero attached hydrogens (tertiary/aromatic N) is 3. The molecular weight excluding hydrogens is 451 g/mol. The van der Waals surface area contributed by atoms with Gasteiger partial charge in [0, 0.05) is 12.2 Å². The van der Waals surface area contributed by atoms with Gasteiger partial charge in [0.05, 0.1) is 5.75 Å². The number of carbonyl (C=O) groups is 1. The molecule has 34 heavy (non-hydrogen) atoms. The van der Waals surface area contributed by atoms with Gasteiger partial charge in [-0.1, -0.05) is 75.9 Å². The van der Waals surface area contributed by atoms with Crippen LogP contribution in [0.1, 0.15) is 56.5 Å². The van der Waals surface area contributed by atoms with Crippen LogP contribution in [-0.2, 0) is 17.9 Å². The molecule has 1 amide bonds. The predicted molar refractivity (Wildman–Crippen MR) is 135 cm³/mol.